The van der Waals surface area contributed by atoms with E-state index in [1.807, 2.05) is 51.1 Å². The fourth-order valence-electron chi connectivity index (χ4n) is 2.48. The molecule has 0 aliphatic carbocycles. The number of aromatic nitrogens is 4. The molecule has 2 N–H and O–H groups in total. The minimum atomic E-state index is -0.582. The van der Waals surface area contributed by atoms with Crippen molar-refractivity contribution in [3.63, 3.8) is 0 Å². The maximum atomic E-state index is 12.2. The third kappa shape index (κ3) is 4.40. The molecule has 2 aromatic heterocycles. The smallest absolute Gasteiger partial charge is 0.415 e. The Hall–Kier alpha value is -3.55. The highest BCUT2D eigenvalue weighted by Crippen LogP contribution is 2.29. The fraction of sp³-hybridized carbons (Fsp3) is 0.250. The van der Waals surface area contributed by atoms with Crippen molar-refractivity contribution in [3.8, 4) is 22.5 Å². The number of amides is 1. The van der Waals surface area contributed by atoms with Gasteiger partial charge in [0.05, 0.1) is 0 Å². The van der Waals surface area contributed by atoms with Gasteiger partial charge in [-0.15, -0.1) is 10.2 Å². The molecule has 144 valence electrons. The number of benzene rings is 1. The summed E-state index contributed by atoms with van der Waals surface area (Å²) in [6.07, 6.45) is 1.14. The molecule has 0 aliphatic rings. The molecule has 0 spiro atoms. The molecular weight excluding hydrogens is 356 g/mol. The van der Waals surface area contributed by atoms with Gasteiger partial charge < -0.3 is 10.5 Å². The van der Waals surface area contributed by atoms with Crippen LogP contribution in [0.25, 0.3) is 22.5 Å². The summed E-state index contributed by atoms with van der Waals surface area (Å²) in [7, 11) is 1.61. The molecule has 0 aliphatic heterocycles. The summed E-state index contributed by atoms with van der Waals surface area (Å²) < 4.78 is 5.36. The van der Waals surface area contributed by atoms with Crippen LogP contribution < -0.4 is 10.6 Å². The third-order valence-electron chi connectivity index (χ3n) is 3.78. The Bertz CT molecular complexity index is 968. The molecule has 3 rings (SSSR count). The summed E-state index contributed by atoms with van der Waals surface area (Å²) >= 11 is 0. The number of nitrogens with two attached hydrogens (primary N) is 1. The highest BCUT2D eigenvalue weighted by atomic mass is 16.6. The van der Waals surface area contributed by atoms with Crippen molar-refractivity contribution >= 4 is 17.9 Å². The molecule has 0 unspecified atom stereocenters. The van der Waals surface area contributed by atoms with Gasteiger partial charge in [0, 0.05) is 24.4 Å². The van der Waals surface area contributed by atoms with Gasteiger partial charge in [0.2, 0.25) is 5.95 Å². The molecule has 1 amide bonds. The third-order valence-corrected chi connectivity index (χ3v) is 3.78. The second-order valence-corrected chi connectivity index (χ2v) is 7.18. The van der Waals surface area contributed by atoms with Gasteiger partial charge in [0.15, 0.2) is 0 Å². The average Bonchev–Trinajstić information content (AvgIpc) is 2.67. The van der Waals surface area contributed by atoms with Gasteiger partial charge in [-0.25, -0.2) is 14.8 Å². The van der Waals surface area contributed by atoms with Gasteiger partial charge in [0.1, 0.15) is 22.8 Å². The molecule has 8 heteroatoms. The fourth-order valence-corrected chi connectivity index (χ4v) is 2.48. The summed E-state index contributed by atoms with van der Waals surface area (Å²) in [4.78, 5) is 22.3. The molecule has 3 aromatic rings. The second-order valence-electron chi connectivity index (χ2n) is 7.18. The number of carbonyl (C=O) groups is 1. The molecule has 0 bridgehead atoms. The number of rotatable bonds is 3. The van der Waals surface area contributed by atoms with Crippen molar-refractivity contribution in [3.05, 3.63) is 48.7 Å². The van der Waals surface area contributed by atoms with E-state index >= 15 is 0 Å². The van der Waals surface area contributed by atoms with E-state index in [4.69, 9.17) is 10.5 Å². The van der Waals surface area contributed by atoms with Crippen molar-refractivity contribution in [2.24, 2.45) is 0 Å². The number of hydrogen-bond donors (Lipinski definition) is 1. The molecular formula is C20H22N6O2. The van der Waals surface area contributed by atoms with E-state index in [0.717, 1.165) is 5.56 Å². The van der Waals surface area contributed by atoms with E-state index in [9.17, 15) is 4.79 Å². The Balaban J connectivity index is 1.92. The lowest BCUT2D eigenvalue weighted by Crippen LogP contribution is -2.34. The van der Waals surface area contributed by atoms with Crippen LogP contribution in [-0.2, 0) is 4.74 Å². The van der Waals surface area contributed by atoms with Crippen LogP contribution >= 0.6 is 0 Å². The Morgan fingerprint density at radius 2 is 1.71 bits per heavy atom. The standard InChI is InChI=1S/C20H22N6O2/c1-20(2,3)28-19(27)26(4)15-11-10-14(12-22-15)17-16(23-18(21)25-24-17)13-8-6-5-7-9-13/h5-12H,1-4H3,(H2,21,23,25). The maximum absolute atomic E-state index is 12.2. The van der Waals surface area contributed by atoms with Crippen molar-refractivity contribution in [1.82, 2.24) is 20.2 Å². The number of pyridine rings is 1. The lowest BCUT2D eigenvalue weighted by atomic mass is 10.1. The zero-order valence-corrected chi connectivity index (χ0v) is 16.2. The van der Waals surface area contributed by atoms with Crippen LogP contribution in [0.5, 0.6) is 0 Å². The number of carbonyl (C=O) groups excluding carboxylic acids is 1. The predicted octanol–water partition coefficient (Wildman–Crippen LogP) is 3.55. The zero-order valence-electron chi connectivity index (χ0n) is 16.2. The lowest BCUT2D eigenvalue weighted by molar-refractivity contribution is 0.0588. The van der Waals surface area contributed by atoms with E-state index in [0.29, 0.717) is 22.8 Å². The van der Waals surface area contributed by atoms with Crippen LogP contribution in [0.1, 0.15) is 20.8 Å². The van der Waals surface area contributed by atoms with Gasteiger partial charge in [-0.2, -0.15) is 0 Å². The molecule has 0 saturated carbocycles. The normalized spacial score (nSPS) is 11.1. The number of nitrogens with zero attached hydrogens (tertiary/aromatic N) is 5. The second kappa shape index (κ2) is 7.59. The van der Waals surface area contributed by atoms with Gasteiger partial charge in [0.25, 0.3) is 0 Å². The molecule has 0 radical (unpaired) electrons. The first-order valence-corrected chi connectivity index (χ1v) is 8.73. The Morgan fingerprint density at radius 1 is 1.00 bits per heavy atom. The maximum Gasteiger partial charge on any atom is 0.415 e. The highest BCUT2D eigenvalue weighted by molar-refractivity contribution is 5.86. The molecule has 0 saturated heterocycles. The minimum Gasteiger partial charge on any atom is -0.443 e. The molecule has 1 aromatic carbocycles. The van der Waals surface area contributed by atoms with Gasteiger partial charge in [-0.3, -0.25) is 4.90 Å². The summed E-state index contributed by atoms with van der Waals surface area (Å²) in [5, 5.41) is 8.07. The van der Waals surface area contributed by atoms with E-state index in [2.05, 4.69) is 20.2 Å². The first-order chi connectivity index (χ1) is 13.2. The first kappa shape index (κ1) is 19.2. The van der Waals surface area contributed by atoms with E-state index in [1.54, 1.807) is 25.4 Å². The van der Waals surface area contributed by atoms with E-state index in [1.165, 1.54) is 4.90 Å². The van der Waals surface area contributed by atoms with Gasteiger partial charge in [-0.05, 0) is 32.9 Å². The predicted molar refractivity (Wildman–Crippen MR) is 108 cm³/mol. The van der Waals surface area contributed by atoms with E-state index in [-0.39, 0.29) is 5.95 Å². The Labute approximate surface area is 163 Å². The van der Waals surface area contributed by atoms with E-state index < -0.39 is 11.7 Å². The zero-order chi connectivity index (χ0) is 20.3. The lowest BCUT2D eigenvalue weighted by Gasteiger charge is -2.24. The largest absolute Gasteiger partial charge is 0.443 e. The molecule has 0 atom stereocenters. The monoisotopic (exact) mass is 378 g/mol. The summed E-state index contributed by atoms with van der Waals surface area (Å²) in [6.45, 7) is 5.44. The summed E-state index contributed by atoms with van der Waals surface area (Å²) in [6, 6.07) is 13.1. The Morgan fingerprint density at radius 3 is 2.32 bits per heavy atom. The van der Waals surface area contributed by atoms with Crippen molar-refractivity contribution < 1.29 is 9.53 Å². The highest BCUT2D eigenvalue weighted by Gasteiger charge is 2.21. The average molecular weight is 378 g/mol. The number of hydrogen-bond acceptors (Lipinski definition) is 7. The van der Waals surface area contributed by atoms with Crippen LogP contribution in [0.2, 0.25) is 0 Å². The SMILES string of the molecule is CN(C(=O)OC(C)(C)C)c1ccc(-c2nnc(N)nc2-c2ccccc2)cn1. The van der Waals surface area contributed by atoms with Crippen LogP contribution in [0.3, 0.4) is 0 Å². The minimum absolute atomic E-state index is 0.0943. The molecule has 28 heavy (non-hydrogen) atoms. The van der Waals surface area contributed by atoms with Gasteiger partial charge in [-0.1, -0.05) is 30.3 Å². The Kier molecular flexibility index (Phi) is 5.21. The first-order valence-electron chi connectivity index (χ1n) is 8.73. The summed E-state index contributed by atoms with van der Waals surface area (Å²) in [5.41, 5.74) is 7.90. The van der Waals surface area contributed by atoms with Crippen LogP contribution in [0.15, 0.2) is 48.7 Å². The molecule has 8 nitrogen and oxygen atoms in total. The van der Waals surface area contributed by atoms with Crippen molar-refractivity contribution in [2.75, 3.05) is 17.7 Å². The van der Waals surface area contributed by atoms with Crippen LogP contribution in [0, 0.1) is 0 Å². The van der Waals surface area contributed by atoms with Crippen molar-refractivity contribution in [2.45, 2.75) is 26.4 Å². The topological polar surface area (TPSA) is 107 Å². The van der Waals surface area contributed by atoms with Crippen molar-refractivity contribution in [1.29, 1.82) is 0 Å². The quantitative estimate of drug-likeness (QED) is 0.742. The number of anilines is 2. The number of nitrogen functional groups attached to an aromatic ring is 1. The molecule has 2 heterocycles. The van der Waals surface area contributed by atoms with Gasteiger partial charge >= 0.3 is 6.09 Å². The number of ether oxygens (including phenoxy) is 1. The van der Waals surface area contributed by atoms with Crippen LogP contribution in [0.4, 0.5) is 16.6 Å². The molecule has 0 fully saturated rings. The summed E-state index contributed by atoms with van der Waals surface area (Å²) in [5.74, 6) is 0.549. The van der Waals surface area contributed by atoms with Crippen LogP contribution in [-0.4, -0.2) is 38.9 Å².